The van der Waals surface area contributed by atoms with Gasteiger partial charge in [-0.1, -0.05) is 0 Å². The molecule has 9 heteroatoms. The lowest BCUT2D eigenvalue weighted by atomic mass is 10.2. The first-order valence-corrected chi connectivity index (χ1v) is 9.58. The van der Waals surface area contributed by atoms with Gasteiger partial charge in [0.05, 0.1) is 18.5 Å². The van der Waals surface area contributed by atoms with E-state index in [0.29, 0.717) is 23.1 Å². The summed E-state index contributed by atoms with van der Waals surface area (Å²) in [5.41, 5.74) is 0.348. The Bertz CT molecular complexity index is 1100. The van der Waals surface area contributed by atoms with Gasteiger partial charge in [0, 0.05) is 25.5 Å². The summed E-state index contributed by atoms with van der Waals surface area (Å²) >= 11 is 1.59. The Hall–Kier alpha value is -2.81. The molecule has 3 aromatic rings. The molecule has 0 aliphatic carbocycles. The Morgan fingerprint density at radius 1 is 1.19 bits per heavy atom. The molecule has 8 nitrogen and oxygen atoms in total. The Morgan fingerprint density at radius 3 is 2.56 bits per heavy atom. The van der Waals surface area contributed by atoms with Crippen molar-refractivity contribution in [2.24, 2.45) is 14.1 Å². The van der Waals surface area contributed by atoms with Crippen molar-refractivity contribution in [2.45, 2.75) is 17.9 Å². The van der Waals surface area contributed by atoms with Crippen molar-refractivity contribution in [2.75, 3.05) is 12.9 Å². The third-order valence-electron chi connectivity index (χ3n) is 4.29. The molecule has 0 N–H and O–H groups in total. The van der Waals surface area contributed by atoms with Crippen molar-refractivity contribution in [1.29, 1.82) is 0 Å². The summed E-state index contributed by atoms with van der Waals surface area (Å²) in [7, 11) is 3.28. The van der Waals surface area contributed by atoms with Crippen molar-refractivity contribution < 1.29 is 9.53 Å². The molecule has 0 amide bonds. The van der Waals surface area contributed by atoms with Crippen LogP contribution >= 0.6 is 11.8 Å². The summed E-state index contributed by atoms with van der Waals surface area (Å²) < 4.78 is 9.32. The van der Waals surface area contributed by atoms with E-state index in [1.165, 1.54) is 10.9 Å². The number of hydrogen-bond acceptors (Lipinski definition) is 6. The normalized spacial score (nSPS) is 11.1. The first kappa shape index (κ1) is 19.0. The van der Waals surface area contributed by atoms with Crippen molar-refractivity contribution in [3.63, 3.8) is 0 Å². The fourth-order valence-electron chi connectivity index (χ4n) is 2.79. The largest absolute Gasteiger partial charge is 0.462 e. The lowest BCUT2D eigenvalue weighted by Crippen LogP contribution is -2.39. The molecule has 0 bridgehead atoms. The number of aromatic nitrogens is 4. The molecule has 1 aromatic carbocycles. The second-order valence-electron chi connectivity index (χ2n) is 6.04. The molecule has 0 fully saturated rings. The molecule has 0 aliphatic rings. The molecule has 3 rings (SSSR count). The van der Waals surface area contributed by atoms with Gasteiger partial charge in [0.2, 0.25) is 0 Å². The number of ether oxygens (including phenoxy) is 1. The molecule has 27 heavy (non-hydrogen) atoms. The number of benzene rings is 1. The molecular weight excluding hydrogens is 368 g/mol. The quantitative estimate of drug-likeness (QED) is 0.360. The van der Waals surface area contributed by atoms with Gasteiger partial charge in [0.15, 0.2) is 11.2 Å². The Labute approximate surface area is 159 Å². The zero-order valence-corrected chi connectivity index (χ0v) is 16.2. The van der Waals surface area contributed by atoms with E-state index in [1.807, 2.05) is 18.4 Å². The minimum Gasteiger partial charge on any atom is -0.462 e. The molecule has 0 aliphatic heterocycles. The Morgan fingerprint density at radius 2 is 1.89 bits per heavy atom. The molecule has 2 heterocycles. The van der Waals surface area contributed by atoms with Gasteiger partial charge in [-0.25, -0.2) is 14.6 Å². The van der Waals surface area contributed by atoms with Crippen LogP contribution in [0.2, 0.25) is 0 Å². The summed E-state index contributed by atoms with van der Waals surface area (Å²) in [4.78, 5) is 42.2. The van der Waals surface area contributed by atoms with Crippen LogP contribution in [-0.2, 0) is 25.4 Å². The van der Waals surface area contributed by atoms with Crippen LogP contribution in [0.1, 0.15) is 16.8 Å². The maximum Gasteiger partial charge on any atom is 0.338 e. The predicted molar refractivity (Wildman–Crippen MR) is 103 cm³/mol. The van der Waals surface area contributed by atoms with E-state index in [4.69, 9.17) is 4.74 Å². The van der Waals surface area contributed by atoms with Gasteiger partial charge < -0.3 is 9.30 Å². The molecule has 0 spiro atoms. The fraction of sp³-hybridized carbons (Fsp3) is 0.333. The predicted octanol–water partition coefficient (Wildman–Crippen LogP) is 1.40. The number of nitrogens with zero attached hydrogens (tertiary/aromatic N) is 4. The monoisotopic (exact) mass is 388 g/mol. The highest BCUT2D eigenvalue weighted by molar-refractivity contribution is 7.98. The lowest BCUT2D eigenvalue weighted by molar-refractivity contribution is 0.0495. The van der Waals surface area contributed by atoms with Gasteiger partial charge in [-0.15, -0.1) is 11.8 Å². The standard InChI is InChI=1S/C18H20N4O4S/c1-20-11-19-15-14(20)16(23)22(18(25)21(15)2)9-4-10-26-17(24)12-5-7-13(27-3)8-6-12/h5-8,11H,4,9-10H2,1-3H3. The van der Waals surface area contributed by atoms with E-state index >= 15 is 0 Å². The lowest BCUT2D eigenvalue weighted by Gasteiger charge is -2.09. The Balaban J connectivity index is 1.67. The summed E-state index contributed by atoms with van der Waals surface area (Å²) in [6.07, 6.45) is 3.81. The smallest absolute Gasteiger partial charge is 0.338 e. The van der Waals surface area contributed by atoms with Gasteiger partial charge in [0.1, 0.15) is 0 Å². The molecule has 2 aromatic heterocycles. The van der Waals surface area contributed by atoms with Crippen LogP contribution in [-0.4, -0.2) is 37.5 Å². The van der Waals surface area contributed by atoms with Crippen LogP contribution in [0.5, 0.6) is 0 Å². The second-order valence-corrected chi connectivity index (χ2v) is 6.92. The van der Waals surface area contributed by atoms with Crippen molar-refractivity contribution in [3.05, 3.63) is 57.0 Å². The zero-order chi connectivity index (χ0) is 19.6. The third-order valence-corrected chi connectivity index (χ3v) is 5.03. The Kier molecular flexibility index (Phi) is 5.50. The van der Waals surface area contributed by atoms with E-state index in [-0.39, 0.29) is 13.2 Å². The number of aryl methyl sites for hydroxylation is 2. The minimum absolute atomic E-state index is 0.113. The highest BCUT2D eigenvalue weighted by Gasteiger charge is 2.15. The zero-order valence-electron chi connectivity index (χ0n) is 15.3. The number of thioether (sulfide) groups is 1. The highest BCUT2D eigenvalue weighted by atomic mass is 32.2. The summed E-state index contributed by atoms with van der Waals surface area (Å²) in [5.74, 6) is -0.426. The molecule has 0 saturated carbocycles. The van der Waals surface area contributed by atoms with Crippen LogP contribution in [0.3, 0.4) is 0 Å². The van der Waals surface area contributed by atoms with Gasteiger partial charge in [-0.05, 0) is 36.9 Å². The number of imidazole rings is 1. The summed E-state index contributed by atoms with van der Waals surface area (Å²) in [6.45, 7) is 0.271. The van der Waals surface area contributed by atoms with E-state index in [2.05, 4.69) is 4.98 Å². The first-order valence-electron chi connectivity index (χ1n) is 8.36. The van der Waals surface area contributed by atoms with E-state index in [1.54, 1.807) is 42.6 Å². The van der Waals surface area contributed by atoms with Crippen LogP contribution in [0.25, 0.3) is 11.2 Å². The molecule has 0 saturated heterocycles. The number of rotatable bonds is 6. The average molecular weight is 388 g/mol. The number of carbonyl (C=O) groups excluding carboxylic acids is 1. The van der Waals surface area contributed by atoms with Crippen LogP contribution in [0.4, 0.5) is 0 Å². The molecule has 0 atom stereocenters. The number of carbonyl (C=O) groups is 1. The molecule has 142 valence electrons. The molecule has 0 unspecified atom stereocenters. The van der Waals surface area contributed by atoms with Gasteiger partial charge in [-0.3, -0.25) is 13.9 Å². The average Bonchev–Trinajstić information content (AvgIpc) is 3.07. The van der Waals surface area contributed by atoms with E-state index in [9.17, 15) is 14.4 Å². The third kappa shape index (κ3) is 3.68. The van der Waals surface area contributed by atoms with Crippen molar-refractivity contribution in [3.8, 4) is 0 Å². The summed E-state index contributed by atoms with van der Waals surface area (Å²) in [5, 5.41) is 0. The van der Waals surface area contributed by atoms with Gasteiger partial charge >= 0.3 is 11.7 Å². The van der Waals surface area contributed by atoms with Crippen LogP contribution in [0, 0.1) is 0 Å². The second kappa shape index (κ2) is 7.83. The van der Waals surface area contributed by atoms with E-state index in [0.717, 1.165) is 9.46 Å². The van der Waals surface area contributed by atoms with Crippen LogP contribution < -0.4 is 11.2 Å². The topological polar surface area (TPSA) is 88.1 Å². The number of hydrogen-bond donors (Lipinski definition) is 0. The van der Waals surface area contributed by atoms with Crippen molar-refractivity contribution in [1.82, 2.24) is 18.7 Å². The summed E-state index contributed by atoms with van der Waals surface area (Å²) in [6, 6.07) is 7.14. The van der Waals surface area contributed by atoms with Gasteiger partial charge in [-0.2, -0.15) is 0 Å². The van der Waals surface area contributed by atoms with Gasteiger partial charge in [0.25, 0.3) is 5.56 Å². The maximum absolute atomic E-state index is 12.6. The maximum atomic E-state index is 12.6. The van der Waals surface area contributed by atoms with E-state index < -0.39 is 17.2 Å². The highest BCUT2D eigenvalue weighted by Crippen LogP contribution is 2.15. The molecular formula is C18H20N4O4S. The fourth-order valence-corrected chi connectivity index (χ4v) is 3.20. The SMILES string of the molecule is CSc1ccc(C(=O)OCCCn2c(=O)c3c(ncn3C)n(C)c2=O)cc1. The minimum atomic E-state index is -0.440. The number of esters is 1. The van der Waals surface area contributed by atoms with Crippen LogP contribution in [0.15, 0.2) is 45.1 Å². The first-order chi connectivity index (χ1) is 12.9. The van der Waals surface area contributed by atoms with Crippen molar-refractivity contribution >= 4 is 28.9 Å². The molecule has 0 radical (unpaired) electrons. The number of fused-ring (bicyclic) bond motifs is 1.